The number of hydrogen-bond acceptors (Lipinski definition) is 3. The minimum atomic E-state index is -0.174. The Morgan fingerprint density at radius 1 is 1.43 bits per heavy atom. The van der Waals surface area contributed by atoms with Gasteiger partial charge in [-0.05, 0) is 31.9 Å². The van der Waals surface area contributed by atoms with E-state index in [2.05, 4.69) is 15.7 Å². The number of urea groups is 1. The molecule has 2 N–H and O–H groups in total. The van der Waals surface area contributed by atoms with Gasteiger partial charge in [0.05, 0.1) is 0 Å². The largest absolute Gasteiger partial charge is 0.350 e. The number of aryl methyl sites for hydroxylation is 1. The van der Waals surface area contributed by atoms with Crippen LogP contribution < -0.4 is 16.3 Å². The van der Waals surface area contributed by atoms with Crippen LogP contribution in [0.15, 0.2) is 29.2 Å². The molecule has 0 radical (unpaired) electrons. The monoisotopic (exact) mass is 291 g/mol. The maximum absolute atomic E-state index is 12.0. The van der Waals surface area contributed by atoms with Gasteiger partial charge in [0.2, 0.25) is 0 Å². The van der Waals surface area contributed by atoms with Crippen molar-refractivity contribution < 1.29 is 4.79 Å². The second-order valence-corrected chi connectivity index (χ2v) is 5.00. The predicted octanol–water partition coefficient (Wildman–Crippen LogP) is 0.984. The van der Waals surface area contributed by atoms with Gasteiger partial charge in [0.1, 0.15) is 0 Å². The van der Waals surface area contributed by atoms with Crippen LogP contribution in [0.4, 0.5) is 4.79 Å². The van der Waals surface area contributed by atoms with Crippen molar-refractivity contribution in [2.75, 3.05) is 6.54 Å². The molecule has 0 aliphatic heterocycles. The van der Waals surface area contributed by atoms with Gasteiger partial charge >= 0.3 is 11.7 Å². The molecule has 7 heteroatoms. The third-order valence-electron chi connectivity index (χ3n) is 3.31. The van der Waals surface area contributed by atoms with Crippen LogP contribution in [0.2, 0.25) is 0 Å². The van der Waals surface area contributed by atoms with E-state index in [0.29, 0.717) is 25.2 Å². The third kappa shape index (κ3) is 3.84. The van der Waals surface area contributed by atoms with E-state index >= 15 is 0 Å². The minimum Gasteiger partial charge on any atom is -0.338 e. The minimum absolute atomic E-state index is 0.158. The average molecular weight is 291 g/mol. The molecular weight excluding hydrogens is 270 g/mol. The molecule has 2 amide bonds. The van der Waals surface area contributed by atoms with Crippen LogP contribution in [0.1, 0.15) is 26.7 Å². The number of nitrogens with one attached hydrogen (secondary N) is 2. The lowest BCUT2D eigenvalue weighted by Crippen LogP contribution is -2.41. The van der Waals surface area contributed by atoms with E-state index in [1.54, 1.807) is 18.3 Å². The molecule has 0 spiro atoms. The highest BCUT2D eigenvalue weighted by Gasteiger charge is 2.06. The molecule has 7 nitrogen and oxygen atoms in total. The maximum Gasteiger partial charge on any atom is 0.350 e. The summed E-state index contributed by atoms with van der Waals surface area (Å²) < 4.78 is 2.92. The van der Waals surface area contributed by atoms with E-state index in [4.69, 9.17) is 0 Å². The topological polar surface area (TPSA) is 80.4 Å². The quantitative estimate of drug-likeness (QED) is 0.779. The Kier molecular flexibility index (Phi) is 4.97. The summed E-state index contributed by atoms with van der Waals surface area (Å²) in [5.41, 5.74) is 0.472. The molecule has 2 heterocycles. The normalized spacial score (nSPS) is 12.3. The van der Waals surface area contributed by atoms with Crippen LogP contribution in [-0.4, -0.2) is 32.8 Å². The zero-order valence-electron chi connectivity index (χ0n) is 12.4. The maximum atomic E-state index is 12.0. The zero-order chi connectivity index (χ0) is 15.2. The number of hydrogen-bond donors (Lipinski definition) is 2. The summed E-state index contributed by atoms with van der Waals surface area (Å²) in [6.07, 6.45) is 3.24. The first kappa shape index (κ1) is 15.1. The molecule has 114 valence electrons. The van der Waals surface area contributed by atoms with Crippen LogP contribution in [0, 0.1) is 0 Å². The SMILES string of the molecule is CC[C@@H](C)NC(=O)NCCCn1nc2ccccn2c1=O. The molecule has 0 aliphatic rings. The third-order valence-corrected chi connectivity index (χ3v) is 3.31. The lowest BCUT2D eigenvalue weighted by Gasteiger charge is -2.12. The highest BCUT2D eigenvalue weighted by molar-refractivity contribution is 5.74. The number of fused-ring (bicyclic) bond motifs is 1. The smallest absolute Gasteiger partial charge is 0.338 e. The van der Waals surface area contributed by atoms with Crippen LogP contribution in [0.5, 0.6) is 0 Å². The summed E-state index contributed by atoms with van der Waals surface area (Å²) in [6.45, 7) is 4.95. The Balaban J connectivity index is 1.82. The van der Waals surface area contributed by atoms with Crippen LogP contribution in [-0.2, 0) is 6.54 Å². The van der Waals surface area contributed by atoms with Crippen molar-refractivity contribution in [1.82, 2.24) is 24.8 Å². The number of carbonyl (C=O) groups is 1. The summed E-state index contributed by atoms with van der Waals surface area (Å²) in [4.78, 5) is 23.5. The van der Waals surface area contributed by atoms with Crippen LogP contribution >= 0.6 is 0 Å². The van der Waals surface area contributed by atoms with Gasteiger partial charge in [-0.15, -0.1) is 5.10 Å². The Hall–Kier alpha value is -2.31. The van der Waals surface area contributed by atoms with Crippen molar-refractivity contribution >= 4 is 11.7 Å². The lowest BCUT2D eigenvalue weighted by atomic mass is 10.3. The fourth-order valence-electron chi connectivity index (χ4n) is 1.92. The first-order valence-electron chi connectivity index (χ1n) is 7.20. The van der Waals surface area contributed by atoms with Gasteiger partial charge in [-0.3, -0.25) is 4.40 Å². The summed E-state index contributed by atoms with van der Waals surface area (Å²) in [5, 5.41) is 9.82. The molecule has 0 aliphatic carbocycles. The van der Waals surface area contributed by atoms with Gasteiger partial charge in [-0.25, -0.2) is 14.3 Å². The number of amides is 2. The van der Waals surface area contributed by atoms with Crippen molar-refractivity contribution in [1.29, 1.82) is 0 Å². The number of pyridine rings is 1. The molecule has 2 rings (SSSR count). The number of nitrogens with zero attached hydrogens (tertiary/aromatic N) is 3. The number of rotatable bonds is 6. The van der Waals surface area contributed by atoms with Crippen molar-refractivity contribution in [2.24, 2.45) is 0 Å². The molecule has 1 atom stereocenters. The second kappa shape index (κ2) is 6.92. The van der Waals surface area contributed by atoms with Crippen LogP contribution in [0.25, 0.3) is 5.65 Å². The first-order chi connectivity index (χ1) is 10.1. The molecule has 0 bridgehead atoms. The fraction of sp³-hybridized carbons (Fsp3) is 0.500. The van der Waals surface area contributed by atoms with E-state index < -0.39 is 0 Å². The van der Waals surface area contributed by atoms with Gasteiger partial charge in [-0.2, -0.15) is 0 Å². The first-order valence-corrected chi connectivity index (χ1v) is 7.20. The van der Waals surface area contributed by atoms with E-state index in [9.17, 15) is 9.59 Å². The predicted molar refractivity (Wildman–Crippen MR) is 80.4 cm³/mol. The fourth-order valence-corrected chi connectivity index (χ4v) is 1.92. The van der Waals surface area contributed by atoms with Crippen LogP contribution in [0.3, 0.4) is 0 Å². The Bertz CT molecular complexity index is 661. The van der Waals surface area contributed by atoms with Crippen molar-refractivity contribution in [3.8, 4) is 0 Å². The van der Waals surface area contributed by atoms with Crippen molar-refractivity contribution in [3.05, 3.63) is 34.9 Å². The summed E-state index contributed by atoms with van der Waals surface area (Å²) >= 11 is 0. The number of carbonyl (C=O) groups excluding carboxylic acids is 1. The Labute approximate surface area is 123 Å². The summed E-state index contributed by atoms with van der Waals surface area (Å²) in [5.74, 6) is 0. The van der Waals surface area contributed by atoms with E-state index in [0.717, 1.165) is 6.42 Å². The number of aromatic nitrogens is 3. The van der Waals surface area contributed by atoms with E-state index in [-0.39, 0.29) is 17.8 Å². The summed E-state index contributed by atoms with van der Waals surface area (Å²) in [7, 11) is 0. The standard InChI is InChI=1S/C14H21N5O2/c1-3-11(2)16-13(20)15-8-6-10-19-14(21)18-9-5-4-7-12(18)17-19/h4-5,7,9,11H,3,6,8,10H2,1-2H3,(H2,15,16,20)/t11-/m1/s1. The Morgan fingerprint density at radius 3 is 2.95 bits per heavy atom. The lowest BCUT2D eigenvalue weighted by molar-refractivity contribution is 0.237. The molecule has 2 aromatic rings. The molecule has 21 heavy (non-hydrogen) atoms. The molecule has 0 unspecified atom stereocenters. The van der Waals surface area contributed by atoms with Gasteiger partial charge in [0, 0.05) is 25.3 Å². The molecule has 0 saturated carbocycles. The van der Waals surface area contributed by atoms with E-state index in [1.165, 1.54) is 9.08 Å². The second-order valence-electron chi connectivity index (χ2n) is 5.00. The zero-order valence-corrected chi connectivity index (χ0v) is 12.4. The molecule has 0 fully saturated rings. The molecule has 0 aromatic carbocycles. The van der Waals surface area contributed by atoms with Gasteiger partial charge in [0.25, 0.3) is 0 Å². The highest BCUT2D eigenvalue weighted by atomic mass is 16.2. The van der Waals surface area contributed by atoms with Gasteiger partial charge in [0.15, 0.2) is 5.65 Å². The average Bonchev–Trinajstić information content (AvgIpc) is 2.80. The summed E-state index contributed by atoms with van der Waals surface area (Å²) in [6, 6.07) is 5.40. The van der Waals surface area contributed by atoms with E-state index in [1.807, 2.05) is 19.9 Å². The molecular formula is C14H21N5O2. The van der Waals surface area contributed by atoms with Crippen molar-refractivity contribution in [2.45, 2.75) is 39.3 Å². The van der Waals surface area contributed by atoms with Gasteiger partial charge < -0.3 is 10.6 Å². The Morgan fingerprint density at radius 2 is 2.24 bits per heavy atom. The molecule has 2 aromatic heterocycles. The molecule has 0 saturated heterocycles. The van der Waals surface area contributed by atoms with Gasteiger partial charge in [-0.1, -0.05) is 13.0 Å². The highest BCUT2D eigenvalue weighted by Crippen LogP contribution is 1.95. The van der Waals surface area contributed by atoms with Crippen molar-refractivity contribution in [3.63, 3.8) is 0 Å².